The Morgan fingerprint density at radius 2 is 1.68 bits per heavy atom. The van der Waals surface area contributed by atoms with E-state index < -0.39 is 11.6 Å². The van der Waals surface area contributed by atoms with Crippen molar-refractivity contribution < 1.29 is 13.6 Å². The monoisotopic (exact) mass is 260 g/mol. The topological polar surface area (TPSA) is 17.1 Å². The Labute approximate surface area is 110 Å². The van der Waals surface area contributed by atoms with Crippen molar-refractivity contribution in [2.75, 3.05) is 0 Å². The third-order valence-electron chi connectivity index (χ3n) is 3.18. The van der Waals surface area contributed by atoms with Gasteiger partial charge in [-0.1, -0.05) is 18.2 Å². The third kappa shape index (κ3) is 3.05. The fourth-order valence-corrected chi connectivity index (χ4v) is 1.85. The smallest absolute Gasteiger partial charge is 0.167 e. The largest absolute Gasteiger partial charge is 0.294 e. The van der Waals surface area contributed by atoms with E-state index in [1.165, 1.54) is 6.07 Å². The van der Waals surface area contributed by atoms with Crippen molar-refractivity contribution in [1.82, 2.24) is 0 Å². The van der Waals surface area contributed by atoms with E-state index in [0.717, 1.165) is 23.3 Å². The summed E-state index contributed by atoms with van der Waals surface area (Å²) in [5.41, 5.74) is 3.22. The van der Waals surface area contributed by atoms with Gasteiger partial charge in [0.1, 0.15) is 0 Å². The number of halogens is 2. The van der Waals surface area contributed by atoms with Gasteiger partial charge < -0.3 is 0 Å². The van der Waals surface area contributed by atoms with Crippen molar-refractivity contribution >= 4 is 5.78 Å². The van der Waals surface area contributed by atoms with E-state index in [-0.39, 0.29) is 12.2 Å². The molecule has 1 nitrogen and oxygen atoms in total. The van der Waals surface area contributed by atoms with Gasteiger partial charge in [-0.15, -0.1) is 0 Å². The number of benzene rings is 2. The maximum absolute atomic E-state index is 13.1. The van der Waals surface area contributed by atoms with Gasteiger partial charge in [-0.25, -0.2) is 8.78 Å². The van der Waals surface area contributed by atoms with E-state index in [4.69, 9.17) is 0 Å². The number of hydrogen-bond donors (Lipinski definition) is 0. The highest BCUT2D eigenvalue weighted by atomic mass is 19.2. The maximum atomic E-state index is 13.1. The Bertz CT molecular complexity index is 633. The summed E-state index contributed by atoms with van der Waals surface area (Å²) in [4.78, 5) is 12.1. The van der Waals surface area contributed by atoms with Gasteiger partial charge in [-0.3, -0.25) is 4.79 Å². The molecule has 0 fully saturated rings. The molecule has 0 radical (unpaired) electrons. The van der Waals surface area contributed by atoms with Gasteiger partial charge in [-0.2, -0.15) is 0 Å². The Kier molecular flexibility index (Phi) is 3.74. The first-order valence-corrected chi connectivity index (χ1v) is 6.02. The van der Waals surface area contributed by atoms with Crippen LogP contribution in [0.4, 0.5) is 8.78 Å². The van der Waals surface area contributed by atoms with Gasteiger partial charge >= 0.3 is 0 Å². The maximum Gasteiger partial charge on any atom is 0.167 e. The average Bonchev–Trinajstić information content (AvgIpc) is 2.37. The standard InChI is InChI=1S/C16H14F2O/c1-10-3-5-13(7-11(10)2)16(19)9-12-4-6-14(17)15(18)8-12/h3-8H,9H2,1-2H3. The molecule has 0 saturated carbocycles. The second kappa shape index (κ2) is 5.31. The average molecular weight is 260 g/mol. The number of carbonyl (C=O) groups is 1. The lowest BCUT2D eigenvalue weighted by Crippen LogP contribution is -2.05. The van der Waals surface area contributed by atoms with Gasteiger partial charge in [0.05, 0.1) is 0 Å². The Morgan fingerprint density at radius 1 is 0.947 bits per heavy atom. The van der Waals surface area contributed by atoms with Crippen LogP contribution in [-0.2, 0) is 6.42 Å². The Balaban J connectivity index is 2.20. The van der Waals surface area contributed by atoms with Crippen molar-refractivity contribution in [1.29, 1.82) is 0 Å². The Hall–Kier alpha value is -2.03. The lowest BCUT2D eigenvalue weighted by atomic mass is 9.99. The van der Waals surface area contributed by atoms with E-state index in [1.54, 1.807) is 6.07 Å². The van der Waals surface area contributed by atoms with Crippen LogP contribution in [0.3, 0.4) is 0 Å². The molecular weight excluding hydrogens is 246 g/mol. The summed E-state index contributed by atoms with van der Waals surface area (Å²) in [7, 11) is 0. The van der Waals surface area contributed by atoms with E-state index >= 15 is 0 Å². The lowest BCUT2D eigenvalue weighted by Gasteiger charge is -2.05. The number of hydrogen-bond acceptors (Lipinski definition) is 1. The van der Waals surface area contributed by atoms with Crippen LogP contribution in [0, 0.1) is 25.5 Å². The Morgan fingerprint density at radius 3 is 2.32 bits per heavy atom. The van der Waals surface area contributed by atoms with Crippen molar-refractivity contribution in [2.24, 2.45) is 0 Å². The molecular formula is C16H14F2O. The predicted molar refractivity (Wildman–Crippen MR) is 70.3 cm³/mol. The molecule has 0 atom stereocenters. The lowest BCUT2D eigenvalue weighted by molar-refractivity contribution is 0.0993. The summed E-state index contributed by atoms with van der Waals surface area (Å²) in [5.74, 6) is -1.93. The molecule has 19 heavy (non-hydrogen) atoms. The molecule has 98 valence electrons. The predicted octanol–water partition coefficient (Wildman–Crippen LogP) is 4.01. The van der Waals surface area contributed by atoms with Crippen LogP contribution in [0.1, 0.15) is 27.0 Å². The molecule has 2 aromatic rings. The van der Waals surface area contributed by atoms with E-state index in [9.17, 15) is 13.6 Å². The molecule has 0 heterocycles. The molecule has 2 rings (SSSR count). The minimum atomic E-state index is -0.926. The number of carbonyl (C=O) groups excluding carboxylic acids is 1. The number of ketones is 1. The van der Waals surface area contributed by atoms with Crippen LogP contribution in [0.2, 0.25) is 0 Å². The minimum absolute atomic E-state index is 0.0691. The molecule has 0 spiro atoms. The van der Waals surface area contributed by atoms with Gasteiger partial charge in [0, 0.05) is 12.0 Å². The zero-order valence-electron chi connectivity index (χ0n) is 10.8. The van der Waals surface area contributed by atoms with Gasteiger partial charge in [-0.05, 0) is 48.7 Å². The van der Waals surface area contributed by atoms with Crippen molar-refractivity contribution in [2.45, 2.75) is 20.3 Å². The molecule has 0 unspecified atom stereocenters. The fraction of sp³-hybridized carbons (Fsp3) is 0.188. The zero-order valence-corrected chi connectivity index (χ0v) is 10.8. The molecule has 0 aliphatic heterocycles. The molecule has 0 aromatic heterocycles. The highest BCUT2D eigenvalue weighted by Gasteiger charge is 2.10. The highest BCUT2D eigenvalue weighted by Crippen LogP contribution is 2.14. The molecule has 0 amide bonds. The molecule has 3 heteroatoms. The normalized spacial score (nSPS) is 10.5. The van der Waals surface area contributed by atoms with E-state index in [0.29, 0.717) is 11.1 Å². The number of aryl methyl sites for hydroxylation is 2. The molecule has 0 aliphatic rings. The summed E-state index contributed by atoms with van der Waals surface area (Å²) >= 11 is 0. The van der Waals surface area contributed by atoms with Crippen LogP contribution >= 0.6 is 0 Å². The highest BCUT2D eigenvalue weighted by molar-refractivity contribution is 5.97. The van der Waals surface area contributed by atoms with Gasteiger partial charge in [0.2, 0.25) is 0 Å². The first-order chi connectivity index (χ1) is 8.97. The minimum Gasteiger partial charge on any atom is -0.294 e. The SMILES string of the molecule is Cc1ccc(C(=O)Cc2ccc(F)c(F)c2)cc1C. The van der Waals surface area contributed by atoms with Gasteiger partial charge in [0.15, 0.2) is 17.4 Å². The van der Waals surface area contributed by atoms with Crippen molar-refractivity contribution in [3.05, 3.63) is 70.3 Å². The first-order valence-electron chi connectivity index (χ1n) is 6.02. The van der Waals surface area contributed by atoms with Crippen LogP contribution < -0.4 is 0 Å². The molecule has 0 N–H and O–H groups in total. The number of Topliss-reactive ketones (excluding diaryl/α,β-unsaturated/α-hetero) is 1. The van der Waals surface area contributed by atoms with Crippen LogP contribution in [0.5, 0.6) is 0 Å². The zero-order chi connectivity index (χ0) is 14.0. The molecule has 0 bridgehead atoms. The summed E-state index contributed by atoms with van der Waals surface area (Å²) in [6, 6.07) is 8.99. The summed E-state index contributed by atoms with van der Waals surface area (Å²) in [6.07, 6.45) is 0.0691. The molecule has 0 aliphatic carbocycles. The fourth-order valence-electron chi connectivity index (χ4n) is 1.85. The van der Waals surface area contributed by atoms with Crippen LogP contribution in [0.15, 0.2) is 36.4 Å². The van der Waals surface area contributed by atoms with Gasteiger partial charge in [0.25, 0.3) is 0 Å². The second-order valence-electron chi connectivity index (χ2n) is 4.65. The van der Waals surface area contributed by atoms with E-state index in [1.807, 2.05) is 26.0 Å². The first kappa shape index (κ1) is 13.4. The van der Waals surface area contributed by atoms with Crippen LogP contribution in [0.25, 0.3) is 0 Å². The quantitative estimate of drug-likeness (QED) is 0.762. The number of rotatable bonds is 3. The van der Waals surface area contributed by atoms with Crippen molar-refractivity contribution in [3.8, 4) is 0 Å². The second-order valence-corrected chi connectivity index (χ2v) is 4.65. The van der Waals surface area contributed by atoms with Crippen molar-refractivity contribution in [3.63, 3.8) is 0 Å². The molecule has 2 aromatic carbocycles. The molecule has 0 saturated heterocycles. The summed E-state index contributed by atoms with van der Waals surface area (Å²) < 4.78 is 25.9. The summed E-state index contributed by atoms with van der Waals surface area (Å²) in [6.45, 7) is 3.91. The third-order valence-corrected chi connectivity index (χ3v) is 3.18. The van der Waals surface area contributed by atoms with E-state index in [2.05, 4.69) is 0 Å². The van der Waals surface area contributed by atoms with Crippen LogP contribution in [-0.4, -0.2) is 5.78 Å². The summed E-state index contributed by atoms with van der Waals surface area (Å²) in [5, 5.41) is 0.